The number of piperidine rings is 1. The fourth-order valence-electron chi connectivity index (χ4n) is 1.40. The van der Waals surface area contributed by atoms with Gasteiger partial charge < -0.3 is 9.64 Å². The molecule has 0 unspecified atom stereocenters. The Morgan fingerprint density at radius 1 is 1.44 bits per heavy atom. The van der Waals surface area contributed by atoms with E-state index < -0.39 is 79.5 Å². The fraction of sp³-hybridized carbons (Fsp3) is 0.533. The van der Waals surface area contributed by atoms with E-state index in [1.807, 2.05) is 0 Å². The van der Waals surface area contributed by atoms with Crippen LogP contribution in [0.2, 0.25) is 0 Å². The lowest BCUT2D eigenvalue weighted by atomic mass is 9.73. The van der Waals surface area contributed by atoms with Crippen LogP contribution in [-0.4, -0.2) is 37.5 Å². The number of carbonyl (C=O) groups is 1. The van der Waals surface area contributed by atoms with Gasteiger partial charge in [0, 0.05) is 11.0 Å². The molecule has 0 N–H and O–H groups in total. The van der Waals surface area contributed by atoms with Crippen molar-refractivity contribution in [2.24, 2.45) is 0 Å². The molecule has 2 rings (SSSR count). The van der Waals surface area contributed by atoms with E-state index in [1.54, 1.807) is 0 Å². The third-order valence-electron chi connectivity index (χ3n) is 2.28. The van der Waals surface area contributed by atoms with Crippen LogP contribution in [0, 0.1) is 0 Å². The van der Waals surface area contributed by atoms with Crippen molar-refractivity contribution >= 4 is 5.97 Å². The van der Waals surface area contributed by atoms with Gasteiger partial charge in [-0.25, -0.2) is 0 Å². The largest absolute Gasteiger partial charge is 0.465 e. The van der Waals surface area contributed by atoms with Crippen LogP contribution >= 0.6 is 0 Å². The molecule has 18 heavy (non-hydrogen) atoms. The Morgan fingerprint density at radius 3 is 2.61 bits per heavy atom. The predicted molar refractivity (Wildman–Crippen MR) is 71.5 cm³/mol. The molecule has 0 atom stereocenters. The topological polar surface area (TPSA) is 29.5 Å². The molecule has 0 amide bonds. The monoisotopic (exact) mass is 260 g/mol. The highest BCUT2D eigenvalue weighted by molar-refractivity contribution is 5.83. The maximum atomic E-state index is 13.3. The van der Waals surface area contributed by atoms with Gasteiger partial charge >= 0.3 is 5.97 Å². The third kappa shape index (κ3) is 2.41. The normalized spacial score (nSPS) is 41.1. The molecule has 1 aromatic rings. The minimum atomic E-state index is -3.66. The highest BCUT2D eigenvalue weighted by atomic mass is 16.5. The van der Waals surface area contributed by atoms with Crippen LogP contribution in [-0.2, 0) is 14.9 Å². The van der Waals surface area contributed by atoms with Crippen LogP contribution in [0.3, 0.4) is 0 Å². The molecule has 0 saturated carbocycles. The van der Waals surface area contributed by atoms with Crippen molar-refractivity contribution in [2.45, 2.75) is 25.1 Å². The number of likely N-dealkylation sites (tertiary alicyclic amines) is 1. The van der Waals surface area contributed by atoms with Crippen LogP contribution < -0.4 is 0 Å². The van der Waals surface area contributed by atoms with Crippen LogP contribution in [0.1, 0.15) is 43.1 Å². The summed E-state index contributed by atoms with van der Waals surface area (Å²) in [4.78, 5) is 13.4. The smallest absolute Gasteiger partial charge is 0.316 e. The zero-order chi connectivity index (χ0) is 24.5. The third-order valence-corrected chi connectivity index (χ3v) is 2.28. The average molecular weight is 260 g/mol. The molecule has 1 heterocycles. The molecule has 1 aliphatic rings. The molecule has 3 heteroatoms. The molecular weight excluding hydrogens is 226 g/mol. The summed E-state index contributed by atoms with van der Waals surface area (Å²) in [5, 5.41) is 0. The van der Waals surface area contributed by atoms with Gasteiger partial charge in [-0.1, -0.05) is 30.2 Å². The van der Waals surface area contributed by atoms with E-state index >= 15 is 0 Å². The molecule has 1 saturated heterocycles. The highest BCUT2D eigenvalue weighted by Gasteiger charge is 2.43. The van der Waals surface area contributed by atoms with Gasteiger partial charge in [-0.15, -0.1) is 0 Å². The van der Waals surface area contributed by atoms with E-state index in [9.17, 15) is 4.79 Å². The maximum Gasteiger partial charge on any atom is 0.316 e. The summed E-state index contributed by atoms with van der Waals surface area (Å²) in [5.41, 5.74) is -4.82. The Kier molecular flexibility index (Phi) is 1.33. The summed E-state index contributed by atoms with van der Waals surface area (Å²) in [7, 11) is 0.784. The van der Waals surface area contributed by atoms with Crippen molar-refractivity contribution in [1.82, 2.24) is 4.90 Å². The molecule has 3 nitrogen and oxygen atoms in total. The van der Waals surface area contributed by atoms with Crippen LogP contribution in [0.15, 0.2) is 30.2 Å². The van der Waals surface area contributed by atoms with Crippen molar-refractivity contribution in [1.29, 1.82) is 0 Å². The Bertz CT molecular complexity index is 873. The number of benzene rings is 1. The zero-order valence-electron chi connectivity index (χ0n) is 23.0. The molecule has 0 aliphatic carbocycles. The minimum absolute atomic E-state index is 0.146. The Morgan fingerprint density at radius 2 is 2.06 bits per heavy atom. The van der Waals surface area contributed by atoms with Crippen molar-refractivity contribution in [3.63, 3.8) is 0 Å². The summed E-state index contributed by atoms with van der Waals surface area (Å²) in [6, 6.07) is -5.28. The lowest BCUT2D eigenvalue weighted by Gasteiger charge is -2.38. The SMILES string of the molecule is [2H]c1c([2H])c([2H])c(C2(C(=O)OCC)C([2H])([2H])C([2H])([2H])N(C)C([2H])([2H])C2([2H])[2H])c([2H])c1[2H]. The second kappa shape index (κ2) is 5.53. The highest BCUT2D eigenvalue weighted by Crippen LogP contribution is 2.36. The number of hydrogen-bond donors (Lipinski definition) is 0. The molecule has 0 bridgehead atoms. The minimum Gasteiger partial charge on any atom is -0.465 e. The van der Waals surface area contributed by atoms with Crippen LogP contribution in [0.25, 0.3) is 0 Å². The Labute approximate surface area is 127 Å². The van der Waals surface area contributed by atoms with E-state index in [4.69, 9.17) is 22.6 Å². The number of hydrogen-bond acceptors (Lipinski definition) is 3. The van der Waals surface area contributed by atoms with Gasteiger partial charge in [-0.2, -0.15) is 0 Å². The molecule has 0 aromatic heterocycles. The summed E-state index contributed by atoms with van der Waals surface area (Å²) in [5.74, 6) is -1.79. The quantitative estimate of drug-likeness (QED) is 0.780. The van der Waals surface area contributed by atoms with Crippen molar-refractivity contribution in [3.05, 3.63) is 35.8 Å². The molecule has 1 aromatic carbocycles. The lowest BCUT2D eigenvalue weighted by Crippen LogP contribution is -2.47. The fourth-order valence-corrected chi connectivity index (χ4v) is 1.40. The van der Waals surface area contributed by atoms with Gasteiger partial charge in [0.2, 0.25) is 0 Å². The van der Waals surface area contributed by atoms with Crippen LogP contribution in [0.5, 0.6) is 0 Å². The molecule has 1 fully saturated rings. The van der Waals surface area contributed by atoms with Gasteiger partial charge in [0.15, 0.2) is 0 Å². The van der Waals surface area contributed by atoms with Gasteiger partial charge in [0.1, 0.15) is 0 Å². The van der Waals surface area contributed by atoms with Crippen LogP contribution in [0.4, 0.5) is 0 Å². The van der Waals surface area contributed by atoms with E-state index in [0.29, 0.717) is 0 Å². The van der Waals surface area contributed by atoms with Gasteiger partial charge in [-0.3, -0.25) is 4.79 Å². The second-order valence-corrected chi connectivity index (χ2v) is 3.50. The number of rotatable bonds is 3. The number of esters is 1. The first-order valence-corrected chi connectivity index (χ1v) is 5.30. The number of carbonyl (C=O) groups excluding carboxylic acids is 1. The van der Waals surface area contributed by atoms with Gasteiger partial charge in [0.25, 0.3) is 0 Å². The van der Waals surface area contributed by atoms with E-state index in [0.717, 1.165) is 7.05 Å². The first kappa shape index (κ1) is 4.34. The molecular formula is C15H21NO2. The lowest BCUT2D eigenvalue weighted by molar-refractivity contribution is -0.152. The zero-order valence-corrected chi connectivity index (χ0v) is 9.97. The molecule has 0 spiro atoms. The van der Waals surface area contributed by atoms with E-state index in [-0.39, 0.29) is 4.90 Å². The summed E-state index contributed by atoms with van der Waals surface area (Å²) in [6.45, 7) is -5.92. The van der Waals surface area contributed by atoms with Crippen molar-refractivity contribution < 1.29 is 27.4 Å². The first-order chi connectivity index (χ1) is 13.8. The summed E-state index contributed by atoms with van der Waals surface area (Å²) in [6.07, 6.45) is -7.33. The Hall–Kier alpha value is -1.35. The maximum absolute atomic E-state index is 13.3. The van der Waals surface area contributed by atoms with E-state index in [1.165, 1.54) is 6.92 Å². The average Bonchev–Trinajstić information content (AvgIpc) is 2.65. The molecule has 98 valence electrons. The molecule has 1 aliphatic heterocycles. The summed E-state index contributed by atoms with van der Waals surface area (Å²) < 4.78 is 112. The van der Waals surface area contributed by atoms with Crippen molar-refractivity contribution in [2.75, 3.05) is 26.6 Å². The number of nitrogens with zero attached hydrogens (tertiary/aromatic N) is 1. The number of ether oxygens (including phenoxy) is 1. The predicted octanol–water partition coefficient (Wildman–Crippen LogP) is 2.21. The molecule has 0 radical (unpaired) electrons. The van der Waals surface area contributed by atoms with Crippen molar-refractivity contribution in [3.8, 4) is 0 Å². The van der Waals surface area contributed by atoms with Gasteiger partial charge in [-0.05, 0) is 45.3 Å². The first-order valence-electron chi connectivity index (χ1n) is 11.8. The summed E-state index contributed by atoms with van der Waals surface area (Å²) >= 11 is 0. The van der Waals surface area contributed by atoms with E-state index in [2.05, 4.69) is 0 Å². The Balaban J connectivity index is 3.28. The van der Waals surface area contributed by atoms with Gasteiger partial charge in [0.05, 0.1) is 18.9 Å². The second-order valence-electron chi connectivity index (χ2n) is 3.50. The standard InChI is InChI=1S/C15H21NO2/c1-3-18-14(17)15(9-11-16(2)12-10-15)13-7-5-4-6-8-13/h4-8H,3,9-12H2,1-2H3/i4D,5D,6D,7D,8D,9D2,10D2,11D2,12D2.